The number of aryl methyl sites for hydroxylation is 2. The Balaban J connectivity index is 1.25. The molecule has 0 aliphatic heterocycles. The van der Waals surface area contributed by atoms with Crippen LogP contribution in [0.25, 0.3) is 11.3 Å². The molecule has 0 bridgehead atoms. The highest BCUT2D eigenvalue weighted by Crippen LogP contribution is 2.25. The number of thiazole rings is 1. The summed E-state index contributed by atoms with van der Waals surface area (Å²) in [5.74, 6) is 1.84. The fourth-order valence-electron chi connectivity index (χ4n) is 3.47. The van der Waals surface area contributed by atoms with Crippen LogP contribution < -0.4 is 10.1 Å². The largest absolute Gasteiger partial charge is 0.493 e. The van der Waals surface area contributed by atoms with Gasteiger partial charge in [-0.25, -0.2) is 4.98 Å². The maximum absolute atomic E-state index is 12.5. The zero-order valence-electron chi connectivity index (χ0n) is 19.5. The summed E-state index contributed by atoms with van der Waals surface area (Å²) in [4.78, 5) is 17.0. The van der Waals surface area contributed by atoms with Crippen LogP contribution in [0.5, 0.6) is 5.75 Å². The van der Waals surface area contributed by atoms with E-state index in [9.17, 15) is 4.79 Å². The summed E-state index contributed by atoms with van der Waals surface area (Å²) in [6.07, 6.45) is 1.54. The molecule has 35 heavy (non-hydrogen) atoms. The molecule has 7 nitrogen and oxygen atoms in total. The van der Waals surface area contributed by atoms with Gasteiger partial charge in [0.15, 0.2) is 10.3 Å². The first-order chi connectivity index (χ1) is 17.0. The van der Waals surface area contributed by atoms with Gasteiger partial charge in [0.05, 0.1) is 18.1 Å². The van der Waals surface area contributed by atoms with Crippen molar-refractivity contribution in [1.29, 1.82) is 0 Å². The molecule has 0 fully saturated rings. The average molecular weight is 528 g/mol. The first-order valence-corrected chi connectivity index (χ1v) is 13.5. The van der Waals surface area contributed by atoms with E-state index in [4.69, 9.17) is 16.3 Å². The zero-order valence-corrected chi connectivity index (χ0v) is 21.9. The molecule has 0 aliphatic carbocycles. The molecule has 2 aromatic heterocycles. The SMILES string of the molecule is CCn1c(CCCOc2ccc(Cl)cc2C)nnc1SCC(=O)Nc1nc(-c2ccccc2)cs1. The number of carbonyl (C=O) groups is 1. The summed E-state index contributed by atoms with van der Waals surface area (Å²) >= 11 is 8.79. The Labute approximate surface area is 217 Å². The van der Waals surface area contributed by atoms with Crippen molar-refractivity contribution in [2.75, 3.05) is 17.7 Å². The molecule has 0 atom stereocenters. The average Bonchev–Trinajstić information content (AvgIpc) is 3.48. The van der Waals surface area contributed by atoms with Gasteiger partial charge < -0.3 is 14.6 Å². The van der Waals surface area contributed by atoms with Gasteiger partial charge in [0.1, 0.15) is 11.6 Å². The summed E-state index contributed by atoms with van der Waals surface area (Å²) in [5, 5.41) is 15.5. The first-order valence-electron chi connectivity index (χ1n) is 11.3. The van der Waals surface area contributed by atoms with Crippen LogP contribution in [0.1, 0.15) is 24.7 Å². The summed E-state index contributed by atoms with van der Waals surface area (Å²) in [6.45, 7) is 5.33. The molecule has 0 unspecified atom stereocenters. The van der Waals surface area contributed by atoms with Gasteiger partial charge in [-0.1, -0.05) is 53.7 Å². The Kier molecular flexibility index (Phi) is 8.79. The second-order valence-corrected chi connectivity index (χ2v) is 9.98. The van der Waals surface area contributed by atoms with Crippen molar-refractivity contribution in [2.45, 2.75) is 38.4 Å². The van der Waals surface area contributed by atoms with Gasteiger partial charge in [-0.2, -0.15) is 0 Å². The third-order valence-corrected chi connectivity index (χ3v) is 7.16. The van der Waals surface area contributed by atoms with Gasteiger partial charge in [-0.3, -0.25) is 4.79 Å². The second kappa shape index (κ2) is 12.2. The number of hydrogen-bond donors (Lipinski definition) is 1. The topological polar surface area (TPSA) is 81.9 Å². The summed E-state index contributed by atoms with van der Waals surface area (Å²) in [7, 11) is 0. The number of ether oxygens (including phenoxy) is 1. The molecule has 0 saturated carbocycles. The van der Waals surface area contributed by atoms with Crippen molar-refractivity contribution < 1.29 is 9.53 Å². The fraction of sp³-hybridized carbons (Fsp3) is 0.280. The molecule has 4 aromatic rings. The van der Waals surface area contributed by atoms with Crippen LogP contribution in [-0.4, -0.2) is 38.0 Å². The number of halogens is 1. The minimum absolute atomic E-state index is 0.122. The monoisotopic (exact) mass is 527 g/mol. The van der Waals surface area contributed by atoms with Crippen LogP contribution in [0.3, 0.4) is 0 Å². The number of rotatable bonds is 11. The van der Waals surface area contributed by atoms with E-state index in [0.29, 0.717) is 16.8 Å². The molecule has 2 aromatic carbocycles. The maximum atomic E-state index is 12.5. The third kappa shape index (κ3) is 6.84. The van der Waals surface area contributed by atoms with E-state index >= 15 is 0 Å². The van der Waals surface area contributed by atoms with E-state index in [-0.39, 0.29) is 11.7 Å². The Morgan fingerprint density at radius 3 is 2.80 bits per heavy atom. The van der Waals surface area contributed by atoms with Crippen molar-refractivity contribution in [3.05, 3.63) is 70.3 Å². The van der Waals surface area contributed by atoms with Crippen molar-refractivity contribution in [3.63, 3.8) is 0 Å². The number of anilines is 1. The van der Waals surface area contributed by atoms with Gasteiger partial charge in [0.25, 0.3) is 0 Å². The van der Waals surface area contributed by atoms with Crippen molar-refractivity contribution >= 4 is 45.7 Å². The van der Waals surface area contributed by atoms with Gasteiger partial charge >= 0.3 is 0 Å². The molecule has 182 valence electrons. The Morgan fingerprint density at radius 2 is 2.03 bits per heavy atom. The lowest BCUT2D eigenvalue weighted by Crippen LogP contribution is -2.14. The van der Waals surface area contributed by atoms with E-state index in [1.165, 1.54) is 23.1 Å². The highest BCUT2D eigenvalue weighted by Gasteiger charge is 2.14. The smallest absolute Gasteiger partial charge is 0.236 e. The number of amides is 1. The second-order valence-electron chi connectivity index (χ2n) is 7.75. The fourth-order valence-corrected chi connectivity index (χ4v) is 5.26. The quantitative estimate of drug-likeness (QED) is 0.187. The number of nitrogens with zero attached hydrogens (tertiary/aromatic N) is 4. The number of thioether (sulfide) groups is 1. The highest BCUT2D eigenvalue weighted by molar-refractivity contribution is 7.99. The van der Waals surface area contributed by atoms with Crippen molar-refractivity contribution in [2.24, 2.45) is 0 Å². The Hall–Kier alpha value is -2.88. The lowest BCUT2D eigenvalue weighted by atomic mass is 10.2. The lowest BCUT2D eigenvalue weighted by Gasteiger charge is -2.10. The molecular weight excluding hydrogens is 502 g/mol. The Bertz CT molecular complexity index is 1280. The van der Waals surface area contributed by atoms with Gasteiger partial charge in [-0.05, 0) is 44.0 Å². The predicted molar refractivity (Wildman–Crippen MR) is 143 cm³/mol. The first kappa shape index (κ1) is 25.2. The van der Waals surface area contributed by atoms with Crippen LogP contribution in [0.15, 0.2) is 59.1 Å². The summed E-state index contributed by atoms with van der Waals surface area (Å²) in [6, 6.07) is 15.5. The van der Waals surface area contributed by atoms with Crippen LogP contribution in [0, 0.1) is 6.92 Å². The molecular formula is C25H26ClN5O2S2. The molecule has 10 heteroatoms. The van der Waals surface area contributed by atoms with Gasteiger partial charge in [-0.15, -0.1) is 21.5 Å². The van der Waals surface area contributed by atoms with Gasteiger partial charge in [0, 0.05) is 28.9 Å². The highest BCUT2D eigenvalue weighted by atomic mass is 35.5. The maximum Gasteiger partial charge on any atom is 0.236 e. The molecule has 1 amide bonds. The molecule has 2 heterocycles. The summed E-state index contributed by atoms with van der Waals surface area (Å²) in [5.41, 5.74) is 2.89. The number of carbonyl (C=O) groups excluding carboxylic acids is 1. The van der Waals surface area contributed by atoms with E-state index in [2.05, 4.69) is 20.5 Å². The van der Waals surface area contributed by atoms with Crippen LogP contribution in [0.4, 0.5) is 5.13 Å². The zero-order chi connectivity index (χ0) is 24.6. The number of nitrogens with one attached hydrogen (secondary N) is 1. The molecule has 0 aliphatic rings. The Morgan fingerprint density at radius 1 is 1.20 bits per heavy atom. The normalized spacial score (nSPS) is 10.9. The van der Waals surface area contributed by atoms with E-state index in [1.54, 1.807) is 0 Å². The number of hydrogen-bond acceptors (Lipinski definition) is 7. The lowest BCUT2D eigenvalue weighted by molar-refractivity contribution is -0.113. The van der Waals surface area contributed by atoms with Crippen molar-refractivity contribution in [1.82, 2.24) is 19.7 Å². The predicted octanol–water partition coefficient (Wildman–Crippen LogP) is 6.13. The van der Waals surface area contributed by atoms with Crippen LogP contribution in [-0.2, 0) is 17.8 Å². The minimum atomic E-state index is -0.122. The molecule has 0 spiro atoms. The molecule has 4 rings (SSSR count). The standard InChI is InChI=1S/C25H26ClN5O2S2/c1-3-31-22(10-7-13-33-21-12-11-19(26)14-17(21)2)29-30-25(31)35-16-23(32)28-24-27-20(15-34-24)18-8-5-4-6-9-18/h4-6,8-9,11-12,14-15H,3,7,10,13,16H2,1-2H3,(H,27,28,32). The van der Waals surface area contributed by atoms with E-state index < -0.39 is 0 Å². The third-order valence-electron chi connectivity index (χ3n) is 5.20. The van der Waals surface area contributed by atoms with E-state index in [1.807, 2.05) is 72.3 Å². The minimum Gasteiger partial charge on any atom is -0.493 e. The van der Waals surface area contributed by atoms with Crippen molar-refractivity contribution in [3.8, 4) is 17.0 Å². The number of aromatic nitrogens is 4. The van der Waals surface area contributed by atoms with Gasteiger partial charge in [0.2, 0.25) is 5.91 Å². The van der Waals surface area contributed by atoms with Crippen LogP contribution in [0.2, 0.25) is 5.02 Å². The molecule has 0 radical (unpaired) electrons. The molecule has 1 N–H and O–H groups in total. The van der Waals surface area contributed by atoms with Crippen LogP contribution >= 0.6 is 34.7 Å². The molecule has 0 saturated heterocycles. The van der Waals surface area contributed by atoms with E-state index in [0.717, 1.165) is 52.9 Å². The number of benzene rings is 2. The summed E-state index contributed by atoms with van der Waals surface area (Å²) < 4.78 is 7.92.